The van der Waals surface area contributed by atoms with Crippen LogP contribution in [0.4, 0.5) is 0 Å². The fourth-order valence-electron chi connectivity index (χ4n) is 6.17. The van der Waals surface area contributed by atoms with Crippen molar-refractivity contribution in [3.8, 4) is 5.75 Å². The van der Waals surface area contributed by atoms with Crippen LogP contribution >= 0.6 is 15.9 Å². The number of nitrogens with zero attached hydrogens (tertiary/aromatic N) is 1. The topological polar surface area (TPSA) is 175 Å². The highest BCUT2D eigenvalue weighted by Crippen LogP contribution is 2.52. The summed E-state index contributed by atoms with van der Waals surface area (Å²) in [7, 11) is 3.09. The second-order valence-electron chi connectivity index (χ2n) is 9.52. The molecule has 0 bridgehead atoms. The van der Waals surface area contributed by atoms with E-state index in [1.807, 2.05) is 0 Å². The highest BCUT2D eigenvalue weighted by Gasteiger charge is 2.69. The number of rotatable bonds is 4. The van der Waals surface area contributed by atoms with Crippen molar-refractivity contribution in [1.82, 2.24) is 4.90 Å². The van der Waals surface area contributed by atoms with Crippen LogP contribution in [-0.2, 0) is 20.8 Å². The van der Waals surface area contributed by atoms with Crippen LogP contribution in [0.5, 0.6) is 5.75 Å². The summed E-state index contributed by atoms with van der Waals surface area (Å²) < 4.78 is 0. The van der Waals surface area contributed by atoms with Crippen LogP contribution in [0.3, 0.4) is 0 Å². The van der Waals surface area contributed by atoms with Gasteiger partial charge in [0.2, 0.25) is 5.91 Å². The molecular weight excluding hydrogens is 512 g/mol. The van der Waals surface area contributed by atoms with E-state index in [0.717, 1.165) is 0 Å². The molecule has 1 amide bonds. The number of fused-ring (bicyclic) bond motifs is 3. The van der Waals surface area contributed by atoms with Gasteiger partial charge in [0.1, 0.15) is 11.9 Å². The van der Waals surface area contributed by atoms with E-state index in [1.165, 1.54) is 17.0 Å². The number of ketones is 4. The maximum Gasteiger partial charge on any atom is 0.235 e. The van der Waals surface area contributed by atoms with Crippen LogP contribution in [-0.4, -0.2) is 86.4 Å². The number of Topliss-reactive ketones (excluding diaryl/α,β-unsaturated/α-hetero) is 4. The molecule has 0 radical (unpaired) electrons. The average molecular weight is 537 g/mol. The number of aliphatic hydroxyl groups excluding tert-OH is 1. The molecule has 1 aromatic rings. The molecule has 4 rings (SSSR count). The van der Waals surface area contributed by atoms with Crippen molar-refractivity contribution < 1.29 is 39.3 Å². The number of amides is 1. The van der Waals surface area contributed by atoms with E-state index in [9.17, 15) is 39.3 Å². The van der Waals surface area contributed by atoms with Gasteiger partial charge in [0, 0.05) is 11.5 Å². The first-order valence-corrected chi connectivity index (χ1v) is 11.9. The highest BCUT2D eigenvalue weighted by molar-refractivity contribution is 9.09. The zero-order chi connectivity index (χ0) is 25.3. The third kappa shape index (κ3) is 3.21. The van der Waals surface area contributed by atoms with Crippen molar-refractivity contribution >= 4 is 45.0 Å². The molecule has 7 atom stereocenters. The average Bonchev–Trinajstić information content (AvgIpc) is 2.75. The minimum absolute atomic E-state index is 0.00227. The quantitative estimate of drug-likeness (QED) is 0.219. The number of nitrogens with two attached hydrogens (primary N) is 1. The molecular formula is C23H25BrN2O8. The molecule has 2 fully saturated rings. The largest absolute Gasteiger partial charge is 0.507 e. The molecule has 0 spiro atoms. The Balaban J connectivity index is 1.88. The van der Waals surface area contributed by atoms with Crippen LogP contribution in [0.15, 0.2) is 12.1 Å². The van der Waals surface area contributed by atoms with Crippen molar-refractivity contribution in [3.05, 3.63) is 28.8 Å². The van der Waals surface area contributed by atoms with Crippen LogP contribution in [0.1, 0.15) is 32.7 Å². The normalized spacial score (nSPS) is 34.9. The zero-order valence-corrected chi connectivity index (χ0v) is 20.1. The molecule has 11 heteroatoms. The van der Waals surface area contributed by atoms with E-state index < -0.39 is 64.7 Å². The summed E-state index contributed by atoms with van der Waals surface area (Å²) in [6.45, 7) is 0. The lowest BCUT2D eigenvalue weighted by atomic mass is 9.51. The number of phenols is 1. The first kappa shape index (κ1) is 24.6. The van der Waals surface area contributed by atoms with E-state index in [1.54, 1.807) is 14.1 Å². The molecule has 3 unspecified atom stereocenters. The van der Waals surface area contributed by atoms with Crippen LogP contribution in [0.25, 0.3) is 0 Å². The van der Waals surface area contributed by atoms with Crippen LogP contribution in [0.2, 0.25) is 0 Å². The molecule has 3 aliphatic carbocycles. The number of aliphatic hydroxyl groups is 2. The lowest BCUT2D eigenvalue weighted by Gasteiger charge is -2.56. The van der Waals surface area contributed by atoms with Gasteiger partial charge in [-0.25, -0.2) is 0 Å². The van der Waals surface area contributed by atoms with Crippen molar-refractivity contribution in [2.75, 3.05) is 19.4 Å². The number of carbonyl (C=O) groups excluding carboxylic acids is 5. The van der Waals surface area contributed by atoms with Gasteiger partial charge in [-0.3, -0.25) is 28.9 Å². The highest BCUT2D eigenvalue weighted by atomic mass is 79.9. The number of alkyl halides is 1. The van der Waals surface area contributed by atoms with Gasteiger partial charge in [-0.15, -0.1) is 0 Å². The molecule has 5 N–H and O–H groups in total. The van der Waals surface area contributed by atoms with Gasteiger partial charge < -0.3 is 21.1 Å². The number of benzene rings is 1. The number of hydrogen-bond acceptors (Lipinski definition) is 9. The monoisotopic (exact) mass is 536 g/mol. The van der Waals surface area contributed by atoms with Gasteiger partial charge >= 0.3 is 0 Å². The number of primary amides is 1. The number of halogens is 1. The summed E-state index contributed by atoms with van der Waals surface area (Å²) in [6, 6.07) is 1.53. The summed E-state index contributed by atoms with van der Waals surface area (Å²) >= 11 is 3.11. The summed E-state index contributed by atoms with van der Waals surface area (Å²) in [5, 5.41) is 33.3. The maximum atomic E-state index is 13.5. The maximum absolute atomic E-state index is 13.5. The van der Waals surface area contributed by atoms with E-state index in [-0.39, 0.29) is 40.8 Å². The van der Waals surface area contributed by atoms with Crippen LogP contribution < -0.4 is 5.73 Å². The molecule has 182 valence electrons. The fourth-order valence-corrected chi connectivity index (χ4v) is 6.47. The van der Waals surface area contributed by atoms with Gasteiger partial charge in [0.05, 0.1) is 22.9 Å². The summed E-state index contributed by atoms with van der Waals surface area (Å²) in [6.07, 6.45) is -1.84. The third-order valence-corrected chi connectivity index (χ3v) is 8.11. The van der Waals surface area contributed by atoms with Crippen LogP contribution in [0, 0.1) is 23.7 Å². The number of carbonyl (C=O) groups is 5. The predicted octanol–water partition coefficient (Wildman–Crippen LogP) is -0.764. The Kier molecular flexibility index (Phi) is 6.04. The smallest absolute Gasteiger partial charge is 0.235 e. The van der Waals surface area contributed by atoms with Gasteiger partial charge in [0.15, 0.2) is 34.7 Å². The van der Waals surface area contributed by atoms with E-state index in [0.29, 0.717) is 5.56 Å². The molecule has 2 saturated carbocycles. The summed E-state index contributed by atoms with van der Waals surface area (Å²) in [4.78, 5) is 65.7. The minimum Gasteiger partial charge on any atom is -0.507 e. The molecule has 0 saturated heterocycles. The molecule has 0 aliphatic heterocycles. The Morgan fingerprint density at radius 3 is 2.44 bits per heavy atom. The van der Waals surface area contributed by atoms with Gasteiger partial charge in [0.25, 0.3) is 0 Å². The van der Waals surface area contributed by atoms with Crippen molar-refractivity contribution in [3.63, 3.8) is 0 Å². The summed E-state index contributed by atoms with van der Waals surface area (Å²) in [5.74, 6) is -9.60. The zero-order valence-electron chi connectivity index (χ0n) is 18.5. The predicted molar refractivity (Wildman–Crippen MR) is 120 cm³/mol. The number of aromatic hydroxyl groups is 1. The molecule has 0 heterocycles. The Morgan fingerprint density at radius 1 is 1.24 bits per heavy atom. The minimum atomic E-state index is -2.57. The standard InChI is InChI=1S/C23H25BrN2O8/c1-26(2)17-11-6-8-5-10-9(13(28)7-24)3-4-12(27)15(10)18(29)14(8)20(31)23(11,34)21(32)16(19(17)30)22(25)33/h3-4,8,11,14,16-17,20,27,31,34H,5-7H2,1-2H3,(H2,25,33)/t8-,11-,14?,16?,17-,20?,23-/m0/s1. The third-order valence-electron chi connectivity index (χ3n) is 7.60. The molecule has 0 aromatic heterocycles. The SMILES string of the molecule is CN(C)[C@@H]1C(=O)C(C(N)=O)C(=O)[C@@]2(O)C(O)C3C(=O)c4c(O)ccc(C(=O)CBr)c4C[C@H]3C[C@@H]12. The van der Waals surface area contributed by atoms with Gasteiger partial charge in [-0.2, -0.15) is 0 Å². The second-order valence-corrected chi connectivity index (χ2v) is 10.1. The van der Waals surface area contributed by atoms with E-state index in [4.69, 9.17) is 5.73 Å². The lowest BCUT2D eigenvalue weighted by Crippen LogP contribution is -2.75. The Bertz CT molecular complexity index is 1130. The van der Waals surface area contributed by atoms with E-state index >= 15 is 0 Å². The first-order chi connectivity index (χ1) is 15.9. The van der Waals surface area contributed by atoms with Crippen molar-refractivity contribution in [2.45, 2.75) is 30.6 Å². The number of likely N-dealkylation sites (N-methyl/N-ethyl adjacent to an activating group) is 1. The summed E-state index contributed by atoms with van der Waals surface area (Å²) in [5.41, 5.74) is 3.18. The molecule has 3 aliphatic rings. The second kappa shape index (κ2) is 8.33. The van der Waals surface area contributed by atoms with Gasteiger partial charge in [-0.05, 0) is 50.6 Å². The molecule has 1 aromatic carbocycles. The van der Waals surface area contributed by atoms with E-state index in [2.05, 4.69) is 15.9 Å². The number of phenolic OH excluding ortho intramolecular Hbond substituents is 1. The Labute approximate surface area is 203 Å². The van der Waals surface area contributed by atoms with Gasteiger partial charge in [-0.1, -0.05) is 15.9 Å². The Hall–Kier alpha value is -2.47. The lowest BCUT2D eigenvalue weighted by molar-refractivity contribution is -0.203. The number of hydrogen-bond donors (Lipinski definition) is 4. The fraction of sp³-hybridized carbons (Fsp3) is 0.522. The molecule has 34 heavy (non-hydrogen) atoms. The van der Waals surface area contributed by atoms with Crippen molar-refractivity contribution in [1.29, 1.82) is 0 Å². The molecule has 10 nitrogen and oxygen atoms in total. The Morgan fingerprint density at radius 2 is 1.88 bits per heavy atom. The van der Waals surface area contributed by atoms with Crippen molar-refractivity contribution in [2.24, 2.45) is 29.4 Å². The first-order valence-electron chi connectivity index (χ1n) is 10.8.